The number of hydrogen-bond acceptors (Lipinski definition) is 3. The van der Waals surface area contributed by atoms with Crippen LogP contribution in [0.15, 0.2) is 0 Å². The summed E-state index contributed by atoms with van der Waals surface area (Å²) in [5, 5.41) is 3.03. The van der Waals surface area contributed by atoms with Gasteiger partial charge in [0.15, 0.2) is 0 Å². The molecule has 0 amide bonds. The van der Waals surface area contributed by atoms with Crippen LogP contribution in [0.2, 0.25) is 0 Å². The minimum atomic E-state index is -0.0304. The fourth-order valence-electron chi connectivity index (χ4n) is 0.890. The zero-order valence-corrected chi connectivity index (χ0v) is 8.15. The Balaban J connectivity index is 0.00000121. The van der Waals surface area contributed by atoms with Gasteiger partial charge in [0.05, 0.1) is 12.5 Å². The molecule has 1 aliphatic heterocycles. The molecule has 1 aliphatic rings. The van der Waals surface area contributed by atoms with Crippen LogP contribution in [-0.4, -0.2) is 25.7 Å². The number of carbonyl (C=O) groups is 1. The number of halogens is 1. The largest absolute Gasteiger partial charge is 0.465 e. The molecular weight excluding hydrogens is 178 g/mol. The summed E-state index contributed by atoms with van der Waals surface area (Å²) in [6.45, 7) is 4.26. The normalized spacial score (nSPS) is 16.1. The summed E-state index contributed by atoms with van der Waals surface area (Å²) >= 11 is 0. The Kier molecular flexibility index (Phi) is 6.11. The summed E-state index contributed by atoms with van der Waals surface area (Å²) in [5.41, 5.74) is 0. The molecule has 4 heteroatoms. The lowest BCUT2D eigenvalue weighted by Crippen LogP contribution is -2.47. The molecule has 0 unspecified atom stereocenters. The average Bonchev–Trinajstić information content (AvgIpc) is 1.84. The smallest absolute Gasteiger partial charge is 0.311 e. The number of esters is 1. The van der Waals surface area contributed by atoms with E-state index in [0.717, 1.165) is 25.9 Å². The minimum Gasteiger partial charge on any atom is -0.465 e. The molecule has 0 atom stereocenters. The Hall–Kier alpha value is -0.280. The van der Waals surface area contributed by atoms with Crippen LogP contribution < -0.4 is 5.32 Å². The molecular formula is C8H16ClNO2. The van der Waals surface area contributed by atoms with E-state index in [0.29, 0.717) is 6.61 Å². The Bertz CT molecular complexity index is 137. The lowest BCUT2D eigenvalue weighted by Gasteiger charge is -2.24. The van der Waals surface area contributed by atoms with Crippen molar-refractivity contribution in [3.63, 3.8) is 0 Å². The topological polar surface area (TPSA) is 38.3 Å². The van der Waals surface area contributed by atoms with Crippen molar-refractivity contribution < 1.29 is 9.53 Å². The maximum Gasteiger partial charge on any atom is 0.311 e. The van der Waals surface area contributed by atoms with Crippen molar-refractivity contribution in [3.8, 4) is 0 Å². The highest BCUT2D eigenvalue weighted by molar-refractivity contribution is 5.85. The van der Waals surface area contributed by atoms with Crippen LogP contribution in [-0.2, 0) is 9.53 Å². The molecule has 1 N–H and O–H groups in total. The molecule has 0 saturated carbocycles. The first-order valence-electron chi connectivity index (χ1n) is 4.22. The minimum absolute atomic E-state index is 0. The summed E-state index contributed by atoms with van der Waals surface area (Å²) in [7, 11) is 0. The van der Waals surface area contributed by atoms with Gasteiger partial charge < -0.3 is 10.1 Å². The van der Waals surface area contributed by atoms with Gasteiger partial charge in [-0.3, -0.25) is 4.79 Å². The molecule has 0 aromatic rings. The van der Waals surface area contributed by atoms with Crippen LogP contribution in [0.25, 0.3) is 0 Å². The van der Waals surface area contributed by atoms with Gasteiger partial charge in [-0.2, -0.15) is 0 Å². The van der Waals surface area contributed by atoms with Crippen molar-refractivity contribution in [2.75, 3.05) is 19.7 Å². The van der Waals surface area contributed by atoms with Crippen molar-refractivity contribution in [3.05, 3.63) is 0 Å². The standard InChI is InChI=1S/C8H15NO2.ClH/c1-2-3-4-11-8(10)7-5-9-6-7;/h7,9H,2-6H2,1H3;1H. The molecule has 0 spiro atoms. The van der Waals surface area contributed by atoms with Crippen LogP contribution in [0.5, 0.6) is 0 Å². The quantitative estimate of drug-likeness (QED) is 0.534. The van der Waals surface area contributed by atoms with Crippen LogP contribution >= 0.6 is 12.4 Å². The molecule has 72 valence electrons. The SMILES string of the molecule is CCCCOC(=O)C1CNC1.Cl. The molecule has 1 heterocycles. The predicted molar refractivity (Wildman–Crippen MR) is 49.5 cm³/mol. The third kappa shape index (κ3) is 3.41. The van der Waals surface area contributed by atoms with Gasteiger partial charge in [-0.15, -0.1) is 12.4 Å². The van der Waals surface area contributed by atoms with Gasteiger partial charge in [0, 0.05) is 13.1 Å². The Morgan fingerprint density at radius 3 is 2.67 bits per heavy atom. The van der Waals surface area contributed by atoms with Gasteiger partial charge in [0.2, 0.25) is 0 Å². The van der Waals surface area contributed by atoms with Crippen LogP contribution in [0.1, 0.15) is 19.8 Å². The van der Waals surface area contributed by atoms with Gasteiger partial charge in [0.25, 0.3) is 0 Å². The van der Waals surface area contributed by atoms with Crippen LogP contribution in [0.3, 0.4) is 0 Å². The van der Waals surface area contributed by atoms with Crippen LogP contribution in [0, 0.1) is 5.92 Å². The fourth-order valence-corrected chi connectivity index (χ4v) is 0.890. The average molecular weight is 194 g/mol. The van der Waals surface area contributed by atoms with E-state index in [9.17, 15) is 4.79 Å². The molecule has 0 aromatic heterocycles. The highest BCUT2D eigenvalue weighted by atomic mass is 35.5. The molecule has 0 aliphatic carbocycles. The molecule has 3 nitrogen and oxygen atoms in total. The van der Waals surface area contributed by atoms with E-state index in [4.69, 9.17) is 4.74 Å². The van der Waals surface area contributed by atoms with Gasteiger partial charge in [-0.25, -0.2) is 0 Å². The maximum absolute atomic E-state index is 11.0. The van der Waals surface area contributed by atoms with E-state index < -0.39 is 0 Å². The second-order valence-corrected chi connectivity index (χ2v) is 2.88. The Morgan fingerprint density at radius 1 is 1.58 bits per heavy atom. The van der Waals surface area contributed by atoms with E-state index >= 15 is 0 Å². The molecule has 0 bridgehead atoms. The third-order valence-corrected chi connectivity index (χ3v) is 1.86. The molecule has 0 aromatic carbocycles. The molecule has 1 rings (SSSR count). The lowest BCUT2D eigenvalue weighted by atomic mass is 10.0. The summed E-state index contributed by atoms with van der Waals surface area (Å²) in [4.78, 5) is 11.0. The summed E-state index contributed by atoms with van der Waals surface area (Å²) in [6, 6.07) is 0. The Labute approximate surface area is 79.3 Å². The van der Waals surface area contributed by atoms with E-state index in [-0.39, 0.29) is 24.3 Å². The Morgan fingerprint density at radius 2 is 2.25 bits per heavy atom. The zero-order chi connectivity index (χ0) is 8.10. The van der Waals surface area contributed by atoms with E-state index in [2.05, 4.69) is 12.2 Å². The first-order valence-corrected chi connectivity index (χ1v) is 4.22. The van der Waals surface area contributed by atoms with Gasteiger partial charge in [0.1, 0.15) is 0 Å². The van der Waals surface area contributed by atoms with Gasteiger partial charge >= 0.3 is 5.97 Å². The molecule has 0 radical (unpaired) electrons. The van der Waals surface area contributed by atoms with Crippen molar-refractivity contribution >= 4 is 18.4 Å². The molecule has 1 fully saturated rings. The summed E-state index contributed by atoms with van der Waals surface area (Å²) < 4.78 is 5.01. The van der Waals surface area contributed by atoms with E-state index in [1.54, 1.807) is 0 Å². The van der Waals surface area contributed by atoms with Crippen molar-refractivity contribution in [2.45, 2.75) is 19.8 Å². The van der Waals surface area contributed by atoms with Crippen molar-refractivity contribution in [2.24, 2.45) is 5.92 Å². The van der Waals surface area contributed by atoms with E-state index in [1.165, 1.54) is 0 Å². The van der Waals surface area contributed by atoms with Crippen LogP contribution in [0.4, 0.5) is 0 Å². The van der Waals surface area contributed by atoms with E-state index in [1.807, 2.05) is 0 Å². The highest BCUT2D eigenvalue weighted by Gasteiger charge is 2.25. The summed E-state index contributed by atoms with van der Waals surface area (Å²) in [6.07, 6.45) is 2.06. The lowest BCUT2D eigenvalue weighted by molar-refractivity contribution is -0.150. The fraction of sp³-hybridized carbons (Fsp3) is 0.875. The van der Waals surface area contributed by atoms with Gasteiger partial charge in [-0.1, -0.05) is 13.3 Å². The van der Waals surface area contributed by atoms with Crippen molar-refractivity contribution in [1.29, 1.82) is 0 Å². The number of hydrogen-bond donors (Lipinski definition) is 1. The zero-order valence-electron chi connectivity index (χ0n) is 7.34. The number of nitrogens with one attached hydrogen (secondary N) is 1. The van der Waals surface area contributed by atoms with Gasteiger partial charge in [-0.05, 0) is 6.42 Å². The second-order valence-electron chi connectivity index (χ2n) is 2.88. The number of unbranched alkanes of at least 4 members (excludes halogenated alkanes) is 1. The third-order valence-electron chi connectivity index (χ3n) is 1.86. The number of rotatable bonds is 4. The summed E-state index contributed by atoms with van der Waals surface area (Å²) in [5.74, 6) is 0.101. The second kappa shape index (κ2) is 6.26. The monoisotopic (exact) mass is 193 g/mol. The molecule has 1 saturated heterocycles. The number of ether oxygens (including phenoxy) is 1. The van der Waals surface area contributed by atoms with Crippen molar-refractivity contribution in [1.82, 2.24) is 5.32 Å². The first-order chi connectivity index (χ1) is 5.34. The first kappa shape index (κ1) is 11.7. The maximum atomic E-state index is 11.0. The number of carbonyl (C=O) groups excluding carboxylic acids is 1. The highest BCUT2D eigenvalue weighted by Crippen LogP contribution is 2.05. The predicted octanol–water partition coefficient (Wildman–Crippen LogP) is 0.971. The molecule has 12 heavy (non-hydrogen) atoms.